The van der Waals surface area contributed by atoms with Gasteiger partial charge in [-0.05, 0) is 74.2 Å². The summed E-state index contributed by atoms with van der Waals surface area (Å²) < 4.78 is 16.0. The van der Waals surface area contributed by atoms with Crippen molar-refractivity contribution in [2.75, 3.05) is 29.0 Å². The molecule has 3 aromatic rings. The number of fused-ring (bicyclic) bond motifs is 1. The van der Waals surface area contributed by atoms with Crippen LogP contribution in [0.3, 0.4) is 0 Å². The third-order valence-electron chi connectivity index (χ3n) is 7.43. The monoisotopic (exact) mass is 551 g/mol. The molecule has 1 saturated heterocycles. The first-order valence-corrected chi connectivity index (χ1v) is 14.3. The molecule has 9 nitrogen and oxygen atoms in total. The van der Waals surface area contributed by atoms with Gasteiger partial charge in [0.25, 0.3) is 0 Å². The van der Waals surface area contributed by atoms with Gasteiger partial charge in [-0.2, -0.15) is 4.98 Å². The normalized spacial score (nSPS) is 19.9. The zero-order valence-electron chi connectivity index (χ0n) is 22.0. The summed E-state index contributed by atoms with van der Waals surface area (Å²) in [6.45, 7) is 6.46. The summed E-state index contributed by atoms with van der Waals surface area (Å²) in [5.74, 6) is 0.745. The molecule has 1 aromatic carbocycles. The number of thiophene rings is 1. The summed E-state index contributed by atoms with van der Waals surface area (Å²) >= 11 is 1.58. The number of carbonyl (C=O) groups excluding carboxylic acids is 2. The van der Waals surface area contributed by atoms with Crippen LogP contribution in [0.25, 0.3) is 10.2 Å². The Balaban J connectivity index is 1.22. The predicted octanol–water partition coefficient (Wildman–Crippen LogP) is 5.02. The highest BCUT2D eigenvalue weighted by molar-refractivity contribution is 7.17. The van der Waals surface area contributed by atoms with Crippen molar-refractivity contribution < 1.29 is 14.0 Å². The lowest BCUT2D eigenvalue weighted by Gasteiger charge is -2.32. The molecule has 1 saturated carbocycles. The Bertz CT molecular complexity index is 1350. The molecule has 5 rings (SSSR count). The van der Waals surface area contributed by atoms with E-state index < -0.39 is 0 Å². The third-order valence-corrected chi connectivity index (χ3v) is 8.34. The number of piperidine rings is 1. The van der Waals surface area contributed by atoms with E-state index >= 15 is 0 Å². The second-order valence-corrected chi connectivity index (χ2v) is 11.1. The van der Waals surface area contributed by atoms with Crippen LogP contribution >= 0.6 is 11.3 Å². The van der Waals surface area contributed by atoms with Gasteiger partial charge in [-0.15, -0.1) is 11.3 Å². The van der Waals surface area contributed by atoms with Gasteiger partial charge in [0.2, 0.25) is 17.8 Å². The Kier molecular flexibility index (Phi) is 8.25. The molecule has 11 heteroatoms. The first-order chi connectivity index (χ1) is 18.9. The van der Waals surface area contributed by atoms with Crippen molar-refractivity contribution in [2.45, 2.75) is 63.6 Å². The molecule has 2 amide bonds. The number of likely N-dealkylation sites (tertiary alicyclic amines) is 1. The molecule has 206 valence electrons. The number of amides is 2. The van der Waals surface area contributed by atoms with Crippen molar-refractivity contribution in [2.24, 2.45) is 0 Å². The number of carbonyl (C=O) groups is 2. The number of rotatable bonds is 8. The number of hydrogen-bond acceptors (Lipinski definition) is 8. The Morgan fingerprint density at radius 3 is 2.44 bits per heavy atom. The van der Waals surface area contributed by atoms with Gasteiger partial charge >= 0.3 is 0 Å². The highest BCUT2D eigenvalue weighted by Gasteiger charge is 2.24. The topological polar surface area (TPSA) is 111 Å². The van der Waals surface area contributed by atoms with Crippen molar-refractivity contribution in [1.82, 2.24) is 20.2 Å². The number of anilines is 4. The van der Waals surface area contributed by atoms with Gasteiger partial charge in [0.05, 0.1) is 15.9 Å². The summed E-state index contributed by atoms with van der Waals surface area (Å²) in [6, 6.07) is 7.45. The lowest BCUT2D eigenvalue weighted by atomic mass is 9.91. The summed E-state index contributed by atoms with van der Waals surface area (Å²) in [5, 5.41) is 15.0. The average molecular weight is 552 g/mol. The van der Waals surface area contributed by atoms with Crippen molar-refractivity contribution in [3.63, 3.8) is 0 Å². The van der Waals surface area contributed by atoms with Crippen molar-refractivity contribution in [3.05, 3.63) is 48.1 Å². The standard InChI is InChI=1S/C28H34FN7O2S/c1-3-25(38)31-18-4-6-19(7-5-18)32-27-26-24(12-15-39-26)34-28(35-27)33-21-8-9-23(22(29)16-21)30-20-10-13-36(14-11-20)17(2)37/h3,8-9,12,15-16,18-20,30H,1,4-7,10-11,13-14H2,2H3,(H,31,38)(H2,32,33,34,35)/t18-,19+. The summed E-state index contributed by atoms with van der Waals surface area (Å²) in [7, 11) is 0. The largest absolute Gasteiger partial charge is 0.380 e. The van der Waals surface area contributed by atoms with Crippen LogP contribution in [-0.4, -0.2) is 57.9 Å². The van der Waals surface area contributed by atoms with E-state index in [9.17, 15) is 14.0 Å². The molecule has 3 heterocycles. The van der Waals surface area contributed by atoms with Crippen LogP contribution in [-0.2, 0) is 9.59 Å². The highest BCUT2D eigenvalue weighted by Crippen LogP contribution is 2.31. The first kappa shape index (κ1) is 26.9. The molecule has 2 fully saturated rings. The molecule has 2 aliphatic rings. The molecule has 4 N–H and O–H groups in total. The smallest absolute Gasteiger partial charge is 0.243 e. The Morgan fingerprint density at radius 2 is 1.74 bits per heavy atom. The maximum Gasteiger partial charge on any atom is 0.243 e. The molecule has 0 unspecified atom stereocenters. The van der Waals surface area contributed by atoms with E-state index in [0.29, 0.717) is 30.4 Å². The van der Waals surface area contributed by atoms with Crippen LogP contribution in [0.1, 0.15) is 45.4 Å². The fraction of sp³-hybridized carbons (Fsp3) is 0.429. The van der Waals surface area contributed by atoms with Gasteiger partial charge in [-0.1, -0.05) is 6.58 Å². The number of halogens is 1. The number of hydrogen-bond donors (Lipinski definition) is 4. The van der Waals surface area contributed by atoms with Crippen molar-refractivity contribution in [1.29, 1.82) is 0 Å². The third kappa shape index (κ3) is 6.65. The molecule has 1 aliphatic carbocycles. The highest BCUT2D eigenvalue weighted by atomic mass is 32.1. The summed E-state index contributed by atoms with van der Waals surface area (Å²) in [6.07, 6.45) is 6.48. The molecule has 39 heavy (non-hydrogen) atoms. The van der Waals surface area contributed by atoms with E-state index in [0.717, 1.165) is 54.6 Å². The minimum atomic E-state index is -0.357. The van der Waals surface area contributed by atoms with E-state index in [4.69, 9.17) is 4.98 Å². The zero-order chi connectivity index (χ0) is 27.4. The maximum absolute atomic E-state index is 15.0. The van der Waals surface area contributed by atoms with Crippen LogP contribution in [0.15, 0.2) is 42.3 Å². The minimum Gasteiger partial charge on any atom is -0.380 e. The molecular weight excluding hydrogens is 517 g/mol. The van der Waals surface area contributed by atoms with Crippen molar-refractivity contribution >= 4 is 56.5 Å². The number of benzene rings is 1. The zero-order valence-corrected chi connectivity index (χ0v) is 22.8. The predicted molar refractivity (Wildman–Crippen MR) is 154 cm³/mol. The first-order valence-electron chi connectivity index (χ1n) is 13.4. The van der Waals surface area contributed by atoms with Crippen LogP contribution in [0.2, 0.25) is 0 Å². The fourth-order valence-corrected chi connectivity index (χ4v) is 6.03. The van der Waals surface area contributed by atoms with Gasteiger partial charge in [0.1, 0.15) is 11.6 Å². The van der Waals surface area contributed by atoms with E-state index in [1.165, 1.54) is 12.1 Å². The lowest BCUT2D eigenvalue weighted by Crippen LogP contribution is -2.41. The van der Waals surface area contributed by atoms with Gasteiger partial charge in [-0.3, -0.25) is 9.59 Å². The van der Waals surface area contributed by atoms with Crippen molar-refractivity contribution in [3.8, 4) is 0 Å². The minimum absolute atomic E-state index is 0.0814. The molecule has 0 radical (unpaired) electrons. The second kappa shape index (κ2) is 12.0. The molecular formula is C28H34FN7O2S. The van der Waals surface area contributed by atoms with E-state index in [1.54, 1.807) is 24.3 Å². The number of nitrogens with one attached hydrogen (secondary N) is 4. The number of nitrogens with zero attached hydrogens (tertiary/aromatic N) is 3. The van der Waals surface area contributed by atoms with E-state index in [1.807, 2.05) is 22.4 Å². The molecule has 1 aliphatic heterocycles. The SMILES string of the molecule is C=CC(=O)N[C@H]1CC[C@@H](Nc2nc(Nc3ccc(NC4CCN(C(C)=O)CC4)c(F)c3)nc3ccsc23)CC1. The number of aromatic nitrogens is 2. The average Bonchev–Trinajstić information content (AvgIpc) is 3.41. The van der Waals surface area contributed by atoms with E-state index in [2.05, 4.69) is 32.8 Å². The van der Waals surface area contributed by atoms with Gasteiger partial charge in [0, 0.05) is 43.8 Å². The van der Waals surface area contributed by atoms with Gasteiger partial charge < -0.3 is 26.2 Å². The Hall–Kier alpha value is -3.73. The second-order valence-electron chi connectivity index (χ2n) is 10.2. The fourth-order valence-electron chi connectivity index (χ4n) is 5.25. The maximum atomic E-state index is 15.0. The quantitative estimate of drug-likeness (QED) is 0.291. The van der Waals surface area contributed by atoms with Gasteiger partial charge in [0.15, 0.2) is 0 Å². The Morgan fingerprint density at radius 1 is 1.03 bits per heavy atom. The molecule has 0 atom stereocenters. The molecule has 0 spiro atoms. The summed E-state index contributed by atoms with van der Waals surface area (Å²) in [5.41, 5.74) is 1.82. The van der Waals surface area contributed by atoms with Gasteiger partial charge in [-0.25, -0.2) is 9.37 Å². The van der Waals surface area contributed by atoms with Crippen LogP contribution < -0.4 is 21.3 Å². The lowest BCUT2D eigenvalue weighted by molar-refractivity contribution is -0.129. The Labute approximate surface area is 231 Å². The van der Waals surface area contributed by atoms with Crippen LogP contribution in [0.4, 0.5) is 27.5 Å². The van der Waals surface area contributed by atoms with E-state index in [-0.39, 0.29) is 35.8 Å². The molecule has 0 bridgehead atoms. The molecule has 2 aromatic heterocycles. The summed E-state index contributed by atoms with van der Waals surface area (Å²) in [4.78, 5) is 34.3. The van der Waals surface area contributed by atoms with Crippen LogP contribution in [0, 0.1) is 5.82 Å². The van der Waals surface area contributed by atoms with Crippen LogP contribution in [0.5, 0.6) is 0 Å².